The van der Waals surface area contributed by atoms with Gasteiger partial charge in [-0.05, 0) is 105 Å². The normalized spacial score (nSPS) is 20.7. The van der Waals surface area contributed by atoms with Crippen molar-refractivity contribution in [3.63, 3.8) is 0 Å². The molecule has 5 nitrogen and oxygen atoms in total. The number of fused-ring (bicyclic) bond motifs is 1. The van der Waals surface area contributed by atoms with Gasteiger partial charge in [0.05, 0.1) is 14.2 Å². The van der Waals surface area contributed by atoms with Crippen molar-refractivity contribution in [2.24, 2.45) is 0 Å². The Kier molecular flexibility index (Phi) is 6.59. The molecule has 1 N–H and O–H groups in total. The van der Waals surface area contributed by atoms with Crippen molar-refractivity contribution < 1.29 is 23.7 Å². The molecule has 6 heteroatoms. The molecular formula is C32H38FNO4. The molecule has 0 aliphatic carbocycles. The van der Waals surface area contributed by atoms with Crippen LogP contribution in [0.25, 0.3) is 0 Å². The minimum absolute atomic E-state index is 0.329. The van der Waals surface area contributed by atoms with Crippen molar-refractivity contribution in [3.05, 3.63) is 81.7 Å². The van der Waals surface area contributed by atoms with Gasteiger partial charge in [-0.3, -0.25) is 0 Å². The molecule has 0 bridgehead atoms. The molecule has 202 valence electrons. The zero-order valence-corrected chi connectivity index (χ0v) is 23.4. The lowest BCUT2D eigenvalue weighted by molar-refractivity contribution is -0.0645. The molecule has 0 amide bonds. The Hall–Kier alpha value is -3.25. The maximum absolute atomic E-state index is 13.8. The number of halogens is 1. The van der Waals surface area contributed by atoms with Gasteiger partial charge in [0.15, 0.2) is 17.1 Å². The third kappa shape index (κ3) is 3.92. The van der Waals surface area contributed by atoms with Gasteiger partial charge in [-0.1, -0.05) is 18.2 Å². The summed E-state index contributed by atoms with van der Waals surface area (Å²) in [5, 5.41) is 12.3. The summed E-state index contributed by atoms with van der Waals surface area (Å²) in [5.74, 6) is 2.34. The summed E-state index contributed by atoms with van der Waals surface area (Å²) in [6.45, 7) is 11.9. The number of benzene rings is 3. The number of hydrogen-bond acceptors (Lipinski definition) is 5. The van der Waals surface area contributed by atoms with Crippen LogP contribution in [0, 0.1) is 26.6 Å². The largest absolute Gasteiger partial charge is 0.493 e. The number of nitrogens with zero attached hydrogens (tertiary/aromatic N) is 1. The van der Waals surface area contributed by atoms with E-state index < -0.39 is 11.2 Å². The zero-order valence-electron chi connectivity index (χ0n) is 23.4. The van der Waals surface area contributed by atoms with Crippen LogP contribution in [0.4, 0.5) is 10.1 Å². The summed E-state index contributed by atoms with van der Waals surface area (Å²) in [6, 6.07) is 12.3. The fourth-order valence-corrected chi connectivity index (χ4v) is 6.50. The molecule has 1 fully saturated rings. The lowest BCUT2D eigenvalue weighted by atomic mass is 9.74. The van der Waals surface area contributed by atoms with E-state index in [2.05, 4.69) is 37.8 Å². The van der Waals surface area contributed by atoms with Crippen LogP contribution in [-0.2, 0) is 5.60 Å². The van der Waals surface area contributed by atoms with Crippen LogP contribution < -0.4 is 19.1 Å². The van der Waals surface area contributed by atoms with Gasteiger partial charge < -0.3 is 24.2 Å². The predicted molar refractivity (Wildman–Crippen MR) is 148 cm³/mol. The number of anilines is 1. The number of ether oxygens (including phenoxy) is 3. The van der Waals surface area contributed by atoms with Gasteiger partial charge in [-0.15, -0.1) is 0 Å². The number of rotatable bonds is 5. The van der Waals surface area contributed by atoms with Crippen LogP contribution in [0.2, 0.25) is 0 Å². The van der Waals surface area contributed by atoms with E-state index in [0.29, 0.717) is 11.5 Å². The molecule has 0 aromatic heterocycles. The second-order valence-corrected chi connectivity index (χ2v) is 11.1. The summed E-state index contributed by atoms with van der Waals surface area (Å²) in [6.07, 6.45) is 2.02. The summed E-state index contributed by atoms with van der Waals surface area (Å²) < 4.78 is 31.2. The van der Waals surface area contributed by atoms with Crippen LogP contribution in [0.15, 0.2) is 42.5 Å². The van der Waals surface area contributed by atoms with Crippen molar-refractivity contribution in [2.75, 3.05) is 32.2 Å². The molecule has 2 heterocycles. The van der Waals surface area contributed by atoms with Crippen molar-refractivity contribution in [2.45, 2.75) is 64.6 Å². The number of aliphatic hydroxyl groups is 1. The highest BCUT2D eigenvalue weighted by Gasteiger charge is 2.57. The molecule has 3 aromatic carbocycles. The Balaban J connectivity index is 1.51. The van der Waals surface area contributed by atoms with Crippen molar-refractivity contribution in [3.8, 4) is 17.2 Å². The van der Waals surface area contributed by atoms with E-state index in [1.54, 1.807) is 26.4 Å². The molecule has 1 atom stereocenters. The van der Waals surface area contributed by atoms with E-state index in [1.165, 1.54) is 23.3 Å². The van der Waals surface area contributed by atoms with Gasteiger partial charge in [-0.2, -0.15) is 0 Å². The Morgan fingerprint density at radius 3 is 2.13 bits per heavy atom. The maximum atomic E-state index is 13.8. The molecule has 1 unspecified atom stereocenters. The third-order valence-electron chi connectivity index (χ3n) is 8.76. The fourth-order valence-electron chi connectivity index (χ4n) is 6.50. The summed E-state index contributed by atoms with van der Waals surface area (Å²) in [5.41, 5.74) is 4.74. The quantitative estimate of drug-likeness (QED) is 0.414. The van der Waals surface area contributed by atoms with Crippen LogP contribution in [0.1, 0.15) is 66.0 Å². The molecule has 1 saturated heterocycles. The smallest absolute Gasteiger partial charge is 0.160 e. The molecule has 5 rings (SSSR count). The van der Waals surface area contributed by atoms with Crippen molar-refractivity contribution >= 4 is 5.69 Å². The van der Waals surface area contributed by atoms with E-state index in [9.17, 15) is 9.50 Å². The SMILES string of the molecule is COc1ccc(C2CCN(c3c(C)c(C)c4c(c3C)C(O)(c3ccc(F)cc3)C(C)(C)O4)CC2)cc1OC. The minimum Gasteiger partial charge on any atom is -0.493 e. The molecule has 0 saturated carbocycles. The van der Waals surface area contributed by atoms with E-state index in [4.69, 9.17) is 14.2 Å². The lowest BCUT2D eigenvalue weighted by Gasteiger charge is -2.39. The van der Waals surface area contributed by atoms with E-state index in [1.807, 2.05) is 19.9 Å². The molecule has 2 aliphatic rings. The fraction of sp³-hybridized carbons (Fsp3) is 0.438. The number of hydrogen-bond donors (Lipinski definition) is 1. The monoisotopic (exact) mass is 519 g/mol. The molecular weight excluding hydrogens is 481 g/mol. The topological polar surface area (TPSA) is 51.2 Å². The summed E-state index contributed by atoms with van der Waals surface area (Å²) in [4.78, 5) is 2.45. The Bertz CT molecular complexity index is 1360. The first-order valence-corrected chi connectivity index (χ1v) is 13.3. The second kappa shape index (κ2) is 9.49. The van der Waals surface area contributed by atoms with Crippen LogP contribution in [0.5, 0.6) is 17.2 Å². The molecule has 2 aliphatic heterocycles. The van der Waals surface area contributed by atoms with Gasteiger partial charge in [0.2, 0.25) is 0 Å². The standard InChI is InChI=1S/C32H38FNO4/c1-19-20(2)30-28(32(35,31(4,5)38-30)24-9-11-25(33)12-10-24)21(3)29(19)34-16-14-22(15-17-34)23-8-13-26(36-6)27(18-23)37-7/h8-13,18,22,35H,14-17H2,1-7H3. The minimum atomic E-state index is -1.41. The average molecular weight is 520 g/mol. The van der Waals surface area contributed by atoms with Crippen LogP contribution >= 0.6 is 0 Å². The first-order valence-electron chi connectivity index (χ1n) is 13.3. The second-order valence-electron chi connectivity index (χ2n) is 11.1. The molecule has 0 radical (unpaired) electrons. The number of methoxy groups -OCH3 is 2. The Morgan fingerprint density at radius 2 is 1.53 bits per heavy atom. The summed E-state index contributed by atoms with van der Waals surface area (Å²) in [7, 11) is 3.33. The van der Waals surface area contributed by atoms with E-state index in [-0.39, 0.29) is 5.82 Å². The van der Waals surface area contributed by atoms with Crippen molar-refractivity contribution in [1.82, 2.24) is 0 Å². The van der Waals surface area contributed by atoms with Gasteiger partial charge in [0, 0.05) is 24.3 Å². The Labute approximate surface area is 225 Å². The van der Waals surface area contributed by atoms with Gasteiger partial charge in [-0.25, -0.2) is 4.39 Å². The summed E-state index contributed by atoms with van der Waals surface area (Å²) >= 11 is 0. The maximum Gasteiger partial charge on any atom is 0.160 e. The lowest BCUT2D eigenvalue weighted by Crippen LogP contribution is -2.48. The highest BCUT2D eigenvalue weighted by atomic mass is 19.1. The highest BCUT2D eigenvalue weighted by Crippen LogP contribution is 2.56. The van der Waals surface area contributed by atoms with Crippen LogP contribution in [0.3, 0.4) is 0 Å². The van der Waals surface area contributed by atoms with E-state index in [0.717, 1.165) is 65.6 Å². The van der Waals surface area contributed by atoms with Crippen molar-refractivity contribution in [1.29, 1.82) is 0 Å². The van der Waals surface area contributed by atoms with Gasteiger partial charge in [0.1, 0.15) is 17.2 Å². The van der Waals surface area contributed by atoms with Gasteiger partial charge in [0.25, 0.3) is 0 Å². The predicted octanol–water partition coefficient (Wildman–Crippen LogP) is 6.56. The third-order valence-corrected chi connectivity index (χ3v) is 8.76. The molecule has 0 spiro atoms. The molecule has 3 aromatic rings. The Morgan fingerprint density at radius 1 is 0.895 bits per heavy atom. The first kappa shape index (κ1) is 26.4. The van der Waals surface area contributed by atoms with Crippen LogP contribution in [-0.4, -0.2) is 38.0 Å². The number of piperidine rings is 1. The average Bonchev–Trinajstić information content (AvgIpc) is 3.14. The highest BCUT2D eigenvalue weighted by molar-refractivity contribution is 5.73. The zero-order chi connectivity index (χ0) is 27.4. The van der Waals surface area contributed by atoms with E-state index >= 15 is 0 Å². The molecule has 38 heavy (non-hydrogen) atoms. The van der Waals surface area contributed by atoms with Gasteiger partial charge >= 0.3 is 0 Å². The first-order chi connectivity index (χ1) is 18.0.